The number of fused-ring (bicyclic) bond motifs is 8. The van der Waals surface area contributed by atoms with Crippen molar-refractivity contribution in [1.82, 2.24) is 0 Å². The third-order valence-corrected chi connectivity index (χ3v) is 6.28. The van der Waals surface area contributed by atoms with Gasteiger partial charge >= 0.3 is 6.18 Å². The number of hydrogen-bond acceptors (Lipinski definition) is 0. The van der Waals surface area contributed by atoms with Gasteiger partial charge in [-0.2, -0.15) is 13.2 Å². The van der Waals surface area contributed by atoms with Gasteiger partial charge in [0.15, 0.2) is 0 Å². The minimum absolute atomic E-state index is 0.470. The number of benzene rings is 4. The molecule has 0 N–H and O–H groups in total. The third-order valence-electron chi connectivity index (χ3n) is 4.81. The average Bonchev–Trinajstić information content (AvgIpc) is 3.01. The summed E-state index contributed by atoms with van der Waals surface area (Å²) in [5, 5.41) is 8.12. The molecule has 0 fully saturated rings. The first-order valence-electron chi connectivity index (χ1n) is 7.96. The van der Waals surface area contributed by atoms with Gasteiger partial charge in [-0.05, 0) is 44.2 Å². The number of rotatable bonds is 0. The second-order valence-corrected chi connectivity index (χ2v) is 7.51. The molecule has 4 heteroatoms. The molecule has 0 aliphatic rings. The van der Waals surface area contributed by atoms with E-state index in [1.54, 1.807) is 6.07 Å². The topological polar surface area (TPSA) is 0 Å². The molecule has 25 heavy (non-hydrogen) atoms. The Kier molecular flexibility index (Phi) is 2.96. The van der Waals surface area contributed by atoms with Crippen molar-refractivity contribution < 1.29 is 13.2 Å². The lowest BCUT2D eigenvalue weighted by atomic mass is 9.95. The summed E-state index contributed by atoms with van der Waals surface area (Å²) in [4.78, 5) is 0. The number of alkyl halides is 3. The molecule has 1 heterocycles. The molecule has 1 atom stereocenters. The molecule has 0 nitrogen and oxygen atoms in total. The van der Waals surface area contributed by atoms with Gasteiger partial charge in [-0.3, -0.25) is 0 Å². The van der Waals surface area contributed by atoms with Crippen molar-refractivity contribution >= 4 is 50.7 Å². The van der Waals surface area contributed by atoms with Gasteiger partial charge in [0.05, 0.1) is 5.56 Å². The molecule has 0 aliphatic carbocycles. The van der Waals surface area contributed by atoms with Crippen molar-refractivity contribution in [2.24, 2.45) is 0 Å². The van der Waals surface area contributed by atoms with E-state index in [9.17, 15) is 13.2 Å². The summed E-state index contributed by atoms with van der Waals surface area (Å²) in [6.07, 6.45) is -4.34. The first-order chi connectivity index (χ1) is 12.0. The van der Waals surface area contributed by atoms with Gasteiger partial charge < -0.3 is 0 Å². The lowest BCUT2D eigenvalue weighted by Gasteiger charge is -2.11. The third kappa shape index (κ3) is 2.09. The smallest absolute Gasteiger partial charge is 0.166 e. The fraction of sp³-hybridized carbons (Fsp3) is 0.0476. The second kappa shape index (κ2) is 5.00. The molecule has 1 aromatic heterocycles. The summed E-state index contributed by atoms with van der Waals surface area (Å²) in [5.74, 6) is 0. The van der Waals surface area contributed by atoms with Gasteiger partial charge in [0.25, 0.3) is 0 Å². The predicted octanol–water partition coefficient (Wildman–Crippen LogP) is 7.35. The highest BCUT2D eigenvalue weighted by atomic mass is 31.0. The van der Waals surface area contributed by atoms with Crippen molar-refractivity contribution in [3.8, 4) is 0 Å². The van der Waals surface area contributed by atoms with E-state index in [1.165, 1.54) is 17.3 Å². The van der Waals surface area contributed by atoms with Crippen LogP contribution in [0.1, 0.15) is 5.56 Å². The van der Waals surface area contributed by atoms with Crippen molar-refractivity contribution in [1.29, 1.82) is 0 Å². The van der Waals surface area contributed by atoms with Crippen LogP contribution in [0, 0.1) is 0 Å². The quantitative estimate of drug-likeness (QED) is 0.256. The maximum absolute atomic E-state index is 13.3. The van der Waals surface area contributed by atoms with Crippen LogP contribution in [0.4, 0.5) is 13.2 Å². The van der Waals surface area contributed by atoms with Gasteiger partial charge in [0.1, 0.15) is 0 Å². The molecule has 5 rings (SSSR count). The lowest BCUT2D eigenvalue weighted by molar-refractivity contribution is -0.137. The molecule has 4 aromatic carbocycles. The zero-order valence-corrected chi connectivity index (χ0v) is 14.0. The fourth-order valence-corrected chi connectivity index (χ4v) is 5.26. The monoisotopic (exact) mass is 352 g/mol. The van der Waals surface area contributed by atoms with Crippen LogP contribution in [-0.2, 0) is 6.18 Å². The molecule has 0 spiro atoms. The van der Waals surface area contributed by atoms with E-state index in [1.807, 2.05) is 36.4 Å². The largest absolute Gasteiger partial charge is 0.416 e. The summed E-state index contributed by atoms with van der Waals surface area (Å²) in [6.45, 7) is 0. The van der Waals surface area contributed by atoms with Gasteiger partial charge in [0.2, 0.25) is 0 Å². The molecule has 5 aromatic rings. The Hall–Kier alpha value is -2.51. The summed E-state index contributed by atoms with van der Waals surface area (Å²) < 4.78 is 39.8. The van der Waals surface area contributed by atoms with E-state index >= 15 is 0 Å². The molecular weight excluding hydrogens is 340 g/mol. The summed E-state index contributed by atoms with van der Waals surface area (Å²) >= 11 is 0. The van der Waals surface area contributed by atoms with Crippen molar-refractivity contribution in [3.63, 3.8) is 0 Å². The number of halogens is 3. The molecule has 122 valence electrons. The minimum Gasteiger partial charge on any atom is -0.166 e. The Labute approximate surface area is 143 Å². The second-order valence-electron chi connectivity index (χ2n) is 6.22. The van der Waals surface area contributed by atoms with Crippen LogP contribution < -0.4 is 0 Å². The first-order valence-corrected chi connectivity index (χ1v) is 8.96. The van der Waals surface area contributed by atoms with E-state index in [4.69, 9.17) is 0 Å². The predicted molar refractivity (Wildman–Crippen MR) is 101 cm³/mol. The van der Waals surface area contributed by atoms with Crippen LogP contribution in [0.5, 0.6) is 0 Å². The van der Waals surface area contributed by atoms with Crippen LogP contribution in [-0.4, -0.2) is 0 Å². The Balaban J connectivity index is 2.11. The van der Waals surface area contributed by atoms with Gasteiger partial charge in [-0.15, -0.1) is 8.19 Å². The maximum atomic E-state index is 13.3. The zero-order chi connectivity index (χ0) is 17.2. The summed E-state index contributed by atoms with van der Waals surface area (Å²) in [5.41, 5.74) is -0.592. The molecule has 0 aliphatic heterocycles. The van der Waals surface area contributed by atoms with E-state index in [2.05, 4.69) is 12.1 Å². The van der Waals surface area contributed by atoms with E-state index in [0.717, 1.165) is 32.0 Å². The van der Waals surface area contributed by atoms with Crippen LogP contribution in [0.3, 0.4) is 0 Å². The highest BCUT2D eigenvalue weighted by Crippen LogP contribution is 2.47. The highest BCUT2D eigenvalue weighted by Gasteiger charge is 2.31. The zero-order valence-electron chi connectivity index (χ0n) is 13.0. The number of hydrogen-bond donors (Lipinski definition) is 0. The van der Waals surface area contributed by atoms with Crippen molar-refractivity contribution in [2.45, 2.75) is 6.18 Å². The normalized spacial score (nSPS) is 12.9. The van der Waals surface area contributed by atoms with Crippen LogP contribution in [0.15, 0.2) is 66.7 Å². The maximum Gasteiger partial charge on any atom is 0.416 e. The Morgan fingerprint density at radius 2 is 1.28 bits per heavy atom. The van der Waals surface area contributed by atoms with E-state index in [0.29, 0.717) is 13.6 Å². The molecule has 0 saturated heterocycles. The average molecular weight is 352 g/mol. The van der Waals surface area contributed by atoms with Gasteiger partial charge in [-0.25, -0.2) is 0 Å². The van der Waals surface area contributed by atoms with E-state index in [-0.39, 0.29) is 0 Å². The van der Waals surface area contributed by atoms with Gasteiger partial charge in [-0.1, -0.05) is 54.6 Å². The molecule has 0 amide bonds. The Morgan fingerprint density at radius 3 is 2.04 bits per heavy atom. The van der Waals surface area contributed by atoms with Crippen LogP contribution in [0.25, 0.3) is 42.6 Å². The molecular formula is C21H12F3P. The first kappa shape index (κ1) is 14.8. The fourth-order valence-electron chi connectivity index (χ4n) is 3.72. The van der Waals surface area contributed by atoms with Gasteiger partial charge in [0, 0.05) is 10.5 Å². The van der Waals surface area contributed by atoms with Crippen molar-refractivity contribution in [2.75, 3.05) is 0 Å². The molecule has 0 bridgehead atoms. The highest BCUT2D eigenvalue weighted by molar-refractivity contribution is 7.44. The Morgan fingerprint density at radius 1 is 0.640 bits per heavy atom. The molecule has 0 saturated carbocycles. The summed E-state index contributed by atoms with van der Waals surface area (Å²) in [6, 6.07) is 20.1. The SMILES string of the molecule is FC(F)(F)c1ccc2c3ccccc3c3[pH]c4ccccc4c3c2c1. The lowest BCUT2D eigenvalue weighted by Crippen LogP contribution is -2.04. The molecule has 0 radical (unpaired) electrons. The van der Waals surface area contributed by atoms with Crippen LogP contribution >= 0.6 is 8.19 Å². The van der Waals surface area contributed by atoms with Crippen LogP contribution in [0.2, 0.25) is 0 Å². The summed E-state index contributed by atoms with van der Waals surface area (Å²) in [7, 11) is 0.470. The van der Waals surface area contributed by atoms with E-state index < -0.39 is 11.7 Å². The molecule has 1 unspecified atom stereocenters. The van der Waals surface area contributed by atoms with Crippen molar-refractivity contribution in [3.05, 3.63) is 72.3 Å². The Bertz CT molecular complexity index is 1280. The minimum atomic E-state index is -4.34. The standard InChI is InChI=1S/C21H12F3P/c22-21(23,24)12-9-10-14-13-5-1-2-6-15(13)20-19(17(14)11-12)16-7-3-4-8-18(16)25-20/h1-11,25H.